The molecule has 272 valence electrons. The lowest BCUT2D eigenvalue weighted by atomic mass is 9.92. The van der Waals surface area contributed by atoms with Crippen molar-refractivity contribution in [1.82, 2.24) is 4.90 Å². The molecule has 0 aliphatic carbocycles. The number of unbranched alkanes of at least 4 members (excludes halogenated alkanes) is 17. The monoisotopic (exact) mass is 656 g/mol. The van der Waals surface area contributed by atoms with Gasteiger partial charge in [0.15, 0.2) is 0 Å². The van der Waals surface area contributed by atoms with Crippen molar-refractivity contribution >= 4 is 6.16 Å². The summed E-state index contributed by atoms with van der Waals surface area (Å²) in [5, 5.41) is 9.15. The molecule has 1 heterocycles. The summed E-state index contributed by atoms with van der Waals surface area (Å²) in [4.78, 5) is 13.7. The molecule has 2 atom stereocenters. The molecule has 4 heteroatoms. The van der Waals surface area contributed by atoms with E-state index in [0.29, 0.717) is 0 Å². The second kappa shape index (κ2) is 34.1. The van der Waals surface area contributed by atoms with Crippen LogP contribution in [0.25, 0.3) is 0 Å². The number of hydrogen-bond acceptors (Lipinski definition) is 3. The van der Waals surface area contributed by atoms with E-state index in [2.05, 4.69) is 67.5 Å². The van der Waals surface area contributed by atoms with Crippen molar-refractivity contribution in [3.8, 4) is 0 Å². The van der Waals surface area contributed by atoms with Crippen molar-refractivity contribution in [2.45, 2.75) is 193 Å². The van der Waals surface area contributed by atoms with Crippen molar-refractivity contribution in [2.24, 2.45) is 5.92 Å². The Labute approximate surface area is 292 Å². The molecule has 0 saturated carbocycles. The number of likely N-dealkylation sites (tertiary alicyclic amines) is 1. The summed E-state index contributed by atoms with van der Waals surface area (Å²) >= 11 is 0. The lowest BCUT2D eigenvalue weighted by Crippen LogP contribution is -2.31. The van der Waals surface area contributed by atoms with E-state index in [-0.39, 0.29) is 6.10 Å². The predicted molar refractivity (Wildman–Crippen MR) is 205 cm³/mol. The third kappa shape index (κ3) is 31.2. The van der Waals surface area contributed by atoms with Gasteiger partial charge in [-0.15, -0.1) is 0 Å². The Morgan fingerprint density at radius 1 is 0.660 bits per heavy atom. The zero-order valence-electron chi connectivity index (χ0n) is 31.2. The van der Waals surface area contributed by atoms with Crippen LogP contribution in [-0.2, 0) is 4.74 Å². The second-order valence-corrected chi connectivity index (χ2v) is 14.3. The maximum Gasteiger partial charge on any atom is 0.506 e. The smallest absolute Gasteiger partial charge is 0.450 e. The molecule has 0 spiro atoms. The number of rotatable bonds is 32. The lowest BCUT2D eigenvalue weighted by molar-refractivity contribution is 0.0422. The summed E-state index contributed by atoms with van der Waals surface area (Å²) in [5.74, 6) is 0.953. The fourth-order valence-corrected chi connectivity index (χ4v) is 6.82. The molecule has 2 unspecified atom stereocenters. The minimum atomic E-state index is -1.12. The molecule has 1 saturated heterocycles. The fraction of sp³-hybridized carbons (Fsp3) is 0.791. The Morgan fingerprint density at radius 2 is 1.11 bits per heavy atom. The molecule has 4 nitrogen and oxygen atoms in total. The molecule has 1 fully saturated rings. The molecule has 1 aliphatic rings. The van der Waals surface area contributed by atoms with Gasteiger partial charge >= 0.3 is 6.16 Å². The Kier molecular flexibility index (Phi) is 31.3. The van der Waals surface area contributed by atoms with E-state index >= 15 is 0 Å². The largest absolute Gasteiger partial charge is 0.506 e. The highest BCUT2D eigenvalue weighted by Crippen LogP contribution is 2.21. The van der Waals surface area contributed by atoms with Crippen LogP contribution in [0.5, 0.6) is 0 Å². The van der Waals surface area contributed by atoms with Gasteiger partial charge in [-0.25, -0.2) is 4.79 Å². The van der Waals surface area contributed by atoms with Gasteiger partial charge in [0.2, 0.25) is 0 Å². The molecule has 0 bridgehead atoms. The van der Waals surface area contributed by atoms with Gasteiger partial charge in [-0.2, -0.15) is 0 Å². The van der Waals surface area contributed by atoms with E-state index in [1.165, 1.54) is 154 Å². The van der Waals surface area contributed by atoms with Crippen LogP contribution in [-0.4, -0.2) is 42.4 Å². The number of ether oxygens (including phenoxy) is 1. The summed E-state index contributed by atoms with van der Waals surface area (Å²) < 4.78 is 5.21. The summed E-state index contributed by atoms with van der Waals surface area (Å²) in [5.41, 5.74) is 0. The molecule has 1 aliphatic heterocycles. The van der Waals surface area contributed by atoms with Gasteiger partial charge in [0.1, 0.15) is 6.10 Å². The van der Waals surface area contributed by atoms with E-state index in [1.54, 1.807) is 0 Å². The zero-order chi connectivity index (χ0) is 33.9. The van der Waals surface area contributed by atoms with Crippen LogP contribution < -0.4 is 0 Å². The number of carbonyl (C=O) groups is 1. The summed E-state index contributed by atoms with van der Waals surface area (Å²) in [7, 11) is 2.27. The van der Waals surface area contributed by atoms with Crippen molar-refractivity contribution in [3.63, 3.8) is 0 Å². The van der Waals surface area contributed by atoms with Crippen LogP contribution in [0.15, 0.2) is 48.6 Å². The van der Waals surface area contributed by atoms with Crippen molar-refractivity contribution in [2.75, 3.05) is 20.1 Å². The standard InChI is InChI=1S/C43H77NO3/c1-3-4-5-6-7-8-9-10-13-17-20-23-26-29-32-37-42(47-43(45)46)38-33-30-27-24-21-18-15-12-11-14-16-19-22-25-28-31-35-41-36-34-39-44(2)40-41/h7-8,10,12-16,41-42H,3-6,9,11,17-40H2,1-2H3,(H,45,46). The SMILES string of the molecule is CCCCCC=CCC=CCCCCCCCC(CCCCCCCC=CCC=CCCCCCCC1CCCN(C)C1)OC(=O)O. The Hall–Kier alpha value is -1.81. The summed E-state index contributed by atoms with van der Waals surface area (Å²) in [6, 6.07) is 0. The van der Waals surface area contributed by atoms with Crippen LogP contribution in [0.4, 0.5) is 4.79 Å². The van der Waals surface area contributed by atoms with E-state index in [9.17, 15) is 4.79 Å². The topological polar surface area (TPSA) is 49.8 Å². The van der Waals surface area contributed by atoms with Gasteiger partial charge in [0, 0.05) is 6.54 Å². The number of hydrogen-bond donors (Lipinski definition) is 1. The molecule has 0 aromatic heterocycles. The molecule has 47 heavy (non-hydrogen) atoms. The van der Waals surface area contributed by atoms with Crippen LogP contribution >= 0.6 is 0 Å². The maximum absolute atomic E-state index is 11.2. The Morgan fingerprint density at radius 3 is 1.57 bits per heavy atom. The number of nitrogens with zero attached hydrogens (tertiary/aromatic N) is 1. The first-order valence-electron chi connectivity index (χ1n) is 20.3. The van der Waals surface area contributed by atoms with Gasteiger partial charge < -0.3 is 14.7 Å². The Balaban J connectivity index is 1.90. The number of carboxylic acid groups (broad SMARTS) is 1. The predicted octanol–water partition coefficient (Wildman–Crippen LogP) is 13.8. The molecular weight excluding hydrogens is 578 g/mol. The molecule has 0 radical (unpaired) electrons. The summed E-state index contributed by atoms with van der Waals surface area (Å²) in [6.45, 7) is 4.87. The van der Waals surface area contributed by atoms with Gasteiger partial charge in [0.25, 0.3) is 0 Å². The van der Waals surface area contributed by atoms with Crippen LogP contribution in [0.1, 0.15) is 187 Å². The third-order valence-corrected chi connectivity index (χ3v) is 9.70. The minimum Gasteiger partial charge on any atom is -0.450 e. The highest BCUT2D eigenvalue weighted by molar-refractivity contribution is 5.57. The maximum atomic E-state index is 11.2. The van der Waals surface area contributed by atoms with Gasteiger partial charge in [0.05, 0.1) is 0 Å². The lowest BCUT2D eigenvalue weighted by Gasteiger charge is -2.29. The van der Waals surface area contributed by atoms with Gasteiger partial charge in [-0.1, -0.05) is 126 Å². The molecular formula is C43H77NO3. The normalized spacial score (nSPS) is 16.8. The molecule has 1 rings (SSSR count). The summed E-state index contributed by atoms with van der Waals surface area (Å²) in [6.07, 6.45) is 51.7. The first kappa shape index (κ1) is 43.2. The first-order valence-corrected chi connectivity index (χ1v) is 20.3. The molecule has 0 amide bonds. The zero-order valence-corrected chi connectivity index (χ0v) is 31.2. The molecule has 1 N–H and O–H groups in total. The van der Waals surface area contributed by atoms with Crippen LogP contribution in [0, 0.1) is 5.92 Å². The van der Waals surface area contributed by atoms with Crippen molar-refractivity contribution < 1.29 is 14.6 Å². The number of piperidine rings is 1. The van der Waals surface area contributed by atoms with Gasteiger partial charge in [-0.05, 0) is 129 Å². The average molecular weight is 656 g/mol. The van der Waals surface area contributed by atoms with E-state index in [1.807, 2.05) is 0 Å². The van der Waals surface area contributed by atoms with Crippen molar-refractivity contribution in [3.05, 3.63) is 48.6 Å². The molecule has 0 aromatic rings. The Bertz CT molecular complexity index is 801. The highest BCUT2D eigenvalue weighted by atomic mass is 16.7. The van der Waals surface area contributed by atoms with Crippen LogP contribution in [0.3, 0.4) is 0 Å². The van der Waals surface area contributed by atoms with Crippen molar-refractivity contribution in [1.29, 1.82) is 0 Å². The quantitative estimate of drug-likeness (QED) is 0.0445. The third-order valence-electron chi connectivity index (χ3n) is 9.70. The second-order valence-electron chi connectivity index (χ2n) is 14.3. The molecule has 0 aromatic carbocycles. The average Bonchev–Trinajstić information content (AvgIpc) is 3.05. The van der Waals surface area contributed by atoms with Gasteiger partial charge in [-0.3, -0.25) is 0 Å². The van der Waals surface area contributed by atoms with E-state index in [0.717, 1.165) is 44.4 Å². The fourth-order valence-electron chi connectivity index (χ4n) is 6.82. The number of allylic oxidation sites excluding steroid dienone is 8. The van der Waals surface area contributed by atoms with E-state index < -0.39 is 6.16 Å². The van der Waals surface area contributed by atoms with E-state index in [4.69, 9.17) is 9.84 Å². The highest BCUT2D eigenvalue weighted by Gasteiger charge is 2.16. The van der Waals surface area contributed by atoms with Crippen LogP contribution in [0.2, 0.25) is 0 Å². The first-order chi connectivity index (χ1) is 23.1. The minimum absolute atomic E-state index is 0.129.